The molecule has 222 valence electrons. The van der Waals surface area contributed by atoms with E-state index < -0.39 is 0 Å². The maximum Gasteiger partial charge on any atom is 0.227 e. The van der Waals surface area contributed by atoms with Crippen LogP contribution < -0.4 is 4.90 Å². The summed E-state index contributed by atoms with van der Waals surface area (Å²) in [6.45, 7) is 0. The Balaban J connectivity index is 1.04. The SMILES string of the molecule is c1ccc(-c2ccc(N(c3ccccc3)c3ccc(-c4ccc5oc6cc(-c7nc8ccccc8o7)ccc6c5c4)cc3)cc2)cc1. The van der Waals surface area contributed by atoms with Crippen molar-refractivity contribution < 1.29 is 8.83 Å². The molecule has 0 amide bonds. The third kappa shape index (κ3) is 4.93. The van der Waals surface area contributed by atoms with Crippen molar-refractivity contribution in [3.8, 4) is 33.7 Å². The summed E-state index contributed by atoms with van der Waals surface area (Å²) in [5.41, 5.74) is 12.1. The molecule has 4 heteroatoms. The van der Waals surface area contributed by atoms with E-state index in [0.29, 0.717) is 5.89 Å². The first-order valence-corrected chi connectivity index (χ1v) is 15.7. The normalized spacial score (nSPS) is 11.4. The number of rotatable bonds is 6. The Bertz CT molecular complexity index is 2460. The summed E-state index contributed by atoms with van der Waals surface area (Å²) >= 11 is 0. The molecule has 0 atom stereocenters. The number of oxazole rings is 1. The number of hydrogen-bond donors (Lipinski definition) is 0. The van der Waals surface area contributed by atoms with E-state index in [1.165, 1.54) is 11.1 Å². The molecule has 0 radical (unpaired) electrons. The lowest BCUT2D eigenvalue weighted by Gasteiger charge is -2.26. The Hall–Kier alpha value is -6.39. The number of nitrogens with zero attached hydrogens (tertiary/aromatic N) is 2. The van der Waals surface area contributed by atoms with Gasteiger partial charge in [0, 0.05) is 33.4 Å². The van der Waals surface area contributed by atoms with Gasteiger partial charge in [0.2, 0.25) is 5.89 Å². The highest BCUT2D eigenvalue weighted by Crippen LogP contribution is 2.38. The maximum atomic E-state index is 6.29. The largest absolute Gasteiger partial charge is 0.456 e. The predicted molar refractivity (Wildman–Crippen MR) is 192 cm³/mol. The Morgan fingerprint density at radius 2 is 0.936 bits per heavy atom. The molecule has 2 heterocycles. The van der Waals surface area contributed by atoms with Crippen molar-refractivity contribution in [2.45, 2.75) is 0 Å². The van der Waals surface area contributed by atoms with Gasteiger partial charge >= 0.3 is 0 Å². The van der Waals surface area contributed by atoms with Gasteiger partial charge in [0.1, 0.15) is 16.7 Å². The van der Waals surface area contributed by atoms with Crippen molar-refractivity contribution in [2.75, 3.05) is 4.90 Å². The molecule has 0 aliphatic rings. The predicted octanol–water partition coefficient (Wildman–Crippen LogP) is 12.2. The zero-order valence-electron chi connectivity index (χ0n) is 25.4. The smallest absolute Gasteiger partial charge is 0.227 e. The zero-order chi connectivity index (χ0) is 31.2. The molecule has 9 rings (SSSR count). The fourth-order valence-corrected chi connectivity index (χ4v) is 6.35. The van der Waals surface area contributed by atoms with Crippen molar-refractivity contribution in [1.82, 2.24) is 4.98 Å². The summed E-state index contributed by atoms with van der Waals surface area (Å²) in [6.07, 6.45) is 0. The minimum atomic E-state index is 0.589. The maximum absolute atomic E-state index is 6.29. The standard InChI is InChI=1S/C43H28N2O2/c1-3-9-29(10-4-1)30-15-21-35(22-16-30)45(34-11-5-2-6-12-34)36-23-17-31(18-24-36)32-20-26-40-38(27-32)37-25-19-33(28-42(37)46-40)43-44-39-13-7-8-14-41(39)47-43/h1-28H. The number of para-hydroxylation sites is 3. The minimum Gasteiger partial charge on any atom is -0.456 e. The molecule has 9 aromatic rings. The summed E-state index contributed by atoms with van der Waals surface area (Å²) in [5.74, 6) is 0.589. The average Bonchev–Trinajstić information content (AvgIpc) is 3.74. The van der Waals surface area contributed by atoms with Crippen molar-refractivity contribution in [3.05, 3.63) is 170 Å². The monoisotopic (exact) mass is 604 g/mol. The summed E-state index contributed by atoms with van der Waals surface area (Å²) in [4.78, 5) is 6.95. The van der Waals surface area contributed by atoms with Gasteiger partial charge in [-0.25, -0.2) is 4.98 Å². The molecule has 0 saturated carbocycles. The second kappa shape index (κ2) is 11.2. The Morgan fingerprint density at radius 3 is 1.66 bits per heavy atom. The average molecular weight is 605 g/mol. The molecule has 0 saturated heterocycles. The highest BCUT2D eigenvalue weighted by molar-refractivity contribution is 6.07. The number of benzene rings is 7. The fourth-order valence-electron chi connectivity index (χ4n) is 6.35. The van der Waals surface area contributed by atoms with E-state index in [1.54, 1.807) is 0 Å². The second-order valence-corrected chi connectivity index (χ2v) is 11.6. The van der Waals surface area contributed by atoms with Crippen LogP contribution >= 0.6 is 0 Å². The Morgan fingerprint density at radius 1 is 0.362 bits per heavy atom. The second-order valence-electron chi connectivity index (χ2n) is 11.6. The molecule has 0 N–H and O–H groups in total. The quantitative estimate of drug-likeness (QED) is 0.189. The molecule has 7 aromatic carbocycles. The van der Waals surface area contributed by atoms with Gasteiger partial charge in [-0.1, -0.05) is 91.0 Å². The van der Waals surface area contributed by atoms with Crippen LogP contribution in [0.1, 0.15) is 0 Å². The number of fused-ring (bicyclic) bond motifs is 4. The molecule has 0 spiro atoms. The summed E-state index contributed by atoms with van der Waals surface area (Å²) < 4.78 is 12.3. The van der Waals surface area contributed by atoms with Gasteiger partial charge in [-0.2, -0.15) is 0 Å². The number of hydrogen-bond acceptors (Lipinski definition) is 4. The van der Waals surface area contributed by atoms with Crippen molar-refractivity contribution >= 4 is 50.1 Å². The molecule has 2 aromatic heterocycles. The van der Waals surface area contributed by atoms with E-state index in [0.717, 1.165) is 66.8 Å². The topological polar surface area (TPSA) is 42.4 Å². The van der Waals surface area contributed by atoms with Crippen LogP contribution in [0, 0.1) is 0 Å². The zero-order valence-corrected chi connectivity index (χ0v) is 25.4. The lowest BCUT2D eigenvalue weighted by Crippen LogP contribution is -2.09. The molecular weight excluding hydrogens is 576 g/mol. The first-order valence-electron chi connectivity index (χ1n) is 15.7. The highest BCUT2D eigenvalue weighted by atomic mass is 16.3. The Kier molecular flexibility index (Phi) is 6.43. The van der Waals surface area contributed by atoms with Crippen LogP contribution in [0.3, 0.4) is 0 Å². The van der Waals surface area contributed by atoms with Crippen molar-refractivity contribution in [2.24, 2.45) is 0 Å². The molecular formula is C43H28N2O2. The lowest BCUT2D eigenvalue weighted by molar-refractivity contribution is 0.619. The molecule has 0 aliphatic heterocycles. The van der Waals surface area contributed by atoms with E-state index in [9.17, 15) is 0 Å². The Labute approximate surface area is 271 Å². The first-order chi connectivity index (χ1) is 23.3. The van der Waals surface area contributed by atoms with E-state index in [1.807, 2.05) is 42.5 Å². The number of aromatic nitrogens is 1. The third-order valence-corrected chi connectivity index (χ3v) is 8.72. The number of furan rings is 1. The van der Waals surface area contributed by atoms with Gasteiger partial charge < -0.3 is 13.7 Å². The highest BCUT2D eigenvalue weighted by Gasteiger charge is 2.15. The van der Waals surface area contributed by atoms with E-state index in [4.69, 9.17) is 8.83 Å². The molecule has 0 unspecified atom stereocenters. The third-order valence-electron chi connectivity index (χ3n) is 8.72. The lowest BCUT2D eigenvalue weighted by atomic mass is 10.0. The number of anilines is 3. The van der Waals surface area contributed by atoms with Gasteiger partial charge in [-0.05, 0) is 101 Å². The molecule has 0 bridgehead atoms. The van der Waals surface area contributed by atoms with Crippen molar-refractivity contribution in [3.63, 3.8) is 0 Å². The van der Waals surface area contributed by atoms with Crippen molar-refractivity contribution in [1.29, 1.82) is 0 Å². The summed E-state index contributed by atoms with van der Waals surface area (Å²) in [5, 5.41) is 2.14. The van der Waals surface area contributed by atoms with Gasteiger partial charge in [0.05, 0.1) is 0 Å². The molecule has 47 heavy (non-hydrogen) atoms. The first kappa shape index (κ1) is 27.0. The van der Waals surface area contributed by atoms with Crippen LogP contribution in [0.2, 0.25) is 0 Å². The van der Waals surface area contributed by atoms with E-state index >= 15 is 0 Å². The summed E-state index contributed by atoms with van der Waals surface area (Å²) in [6, 6.07) is 58.9. The molecule has 0 aliphatic carbocycles. The van der Waals surface area contributed by atoms with Gasteiger partial charge in [0.25, 0.3) is 0 Å². The van der Waals surface area contributed by atoms with Crippen LogP contribution in [0.4, 0.5) is 17.1 Å². The van der Waals surface area contributed by atoms with E-state index in [-0.39, 0.29) is 0 Å². The minimum absolute atomic E-state index is 0.589. The molecule has 4 nitrogen and oxygen atoms in total. The van der Waals surface area contributed by atoms with Gasteiger partial charge in [-0.15, -0.1) is 0 Å². The van der Waals surface area contributed by atoms with Crippen LogP contribution in [-0.4, -0.2) is 4.98 Å². The van der Waals surface area contributed by atoms with Gasteiger partial charge in [-0.3, -0.25) is 0 Å². The molecule has 0 fully saturated rings. The van der Waals surface area contributed by atoms with Crippen LogP contribution in [0.15, 0.2) is 179 Å². The fraction of sp³-hybridized carbons (Fsp3) is 0. The van der Waals surface area contributed by atoms with Crippen LogP contribution in [0.5, 0.6) is 0 Å². The van der Waals surface area contributed by atoms with Crippen LogP contribution in [0.25, 0.3) is 66.7 Å². The van der Waals surface area contributed by atoms with E-state index in [2.05, 4.69) is 137 Å². The summed E-state index contributed by atoms with van der Waals surface area (Å²) in [7, 11) is 0. The van der Waals surface area contributed by atoms with Crippen LogP contribution in [-0.2, 0) is 0 Å². The van der Waals surface area contributed by atoms with Gasteiger partial charge in [0.15, 0.2) is 5.58 Å².